The number of amides is 1. The van der Waals surface area contributed by atoms with Gasteiger partial charge in [-0.3, -0.25) is 4.79 Å². The first kappa shape index (κ1) is 9.56. The molecule has 2 unspecified atom stereocenters. The zero-order valence-corrected chi connectivity index (χ0v) is 8.34. The summed E-state index contributed by atoms with van der Waals surface area (Å²) in [7, 11) is 0. The molecule has 1 heterocycles. The van der Waals surface area contributed by atoms with E-state index in [-0.39, 0.29) is 0 Å². The standard InChI is InChI=1S/C10H19NO/c1-4-9-7-6-8(3)11(9)10(12)5-2/h8-9H,4-7H2,1-3H3. The van der Waals surface area contributed by atoms with Gasteiger partial charge in [0.15, 0.2) is 0 Å². The first-order valence-electron chi connectivity index (χ1n) is 5.01. The topological polar surface area (TPSA) is 20.3 Å². The second kappa shape index (κ2) is 3.92. The molecule has 0 spiro atoms. The molecule has 0 saturated carbocycles. The average molecular weight is 169 g/mol. The molecule has 1 aliphatic rings. The second-order valence-corrected chi connectivity index (χ2v) is 3.64. The number of nitrogens with zero attached hydrogens (tertiary/aromatic N) is 1. The van der Waals surface area contributed by atoms with E-state index in [4.69, 9.17) is 0 Å². The molecule has 0 bridgehead atoms. The van der Waals surface area contributed by atoms with Crippen molar-refractivity contribution < 1.29 is 4.79 Å². The van der Waals surface area contributed by atoms with E-state index in [1.54, 1.807) is 0 Å². The highest BCUT2D eigenvalue weighted by Crippen LogP contribution is 2.26. The van der Waals surface area contributed by atoms with Crippen LogP contribution < -0.4 is 0 Å². The fraction of sp³-hybridized carbons (Fsp3) is 0.900. The van der Waals surface area contributed by atoms with Crippen LogP contribution in [-0.2, 0) is 4.79 Å². The molecule has 70 valence electrons. The minimum atomic E-state index is 0.326. The van der Waals surface area contributed by atoms with Crippen LogP contribution >= 0.6 is 0 Å². The fourth-order valence-electron chi connectivity index (χ4n) is 2.10. The Balaban J connectivity index is 2.63. The van der Waals surface area contributed by atoms with Crippen LogP contribution in [-0.4, -0.2) is 22.9 Å². The molecular formula is C10H19NO. The minimum Gasteiger partial charge on any atom is -0.337 e. The average Bonchev–Trinajstić information content (AvgIpc) is 2.45. The normalized spacial score (nSPS) is 29.4. The zero-order valence-electron chi connectivity index (χ0n) is 8.34. The van der Waals surface area contributed by atoms with Gasteiger partial charge in [-0.25, -0.2) is 0 Å². The lowest BCUT2D eigenvalue weighted by atomic mass is 10.1. The summed E-state index contributed by atoms with van der Waals surface area (Å²) in [4.78, 5) is 13.6. The summed E-state index contributed by atoms with van der Waals surface area (Å²) in [6, 6.07) is 0.995. The Morgan fingerprint density at radius 3 is 2.58 bits per heavy atom. The molecule has 0 N–H and O–H groups in total. The molecule has 0 aromatic carbocycles. The molecule has 1 amide bonds. The Morgan fingerprint density at radius 2 is 2.08 bits per heavy atom. The summed E-state index contributed by atoms with van der Waals surface area (Å²) in [5, 5.41) is 0. The summed E-state index contributed by atoms with van der Waals surface area (Å²) < 4.78 is 0. The fourth-order valence-corrected chi connectivity index (χ4v) is 2.10. The molecule has 0 aromatic rings. The van der Waals surface area contributed by atoms with Crippen LogP contribution in [0, 0.1) is 0 Å². The van der Waals surface area contributed by atoms with Gasteiger partial charge in [0.25, 0.3) is 0 Å². The predicted molar refractivity (Wildman–Crippen MR) is 49.9 cm³/mol. The number of hydrogen-bond acceptors (Lipinski definition) is 1. The van der Waals surface area contributed by atoms with Gasteiger partial charge in [-0.2, -0.15) is 0 Å². The third-order valence-corrected chi connectivity index (χ3v) is 2.85. The Kier molecular flexibility index (Phi) is 3.12. The number of carbonyl (C=O) groups is 1. The third kappa shape index (κ3) is 1.62. The van der Waals surface area contributed by atoms with Crippen molar-refractivity contribution in [2.24, 2.45) is 0 Å². The first-order valence-corrected chi connectivity index (χ1v) is 5.01. The first-order chi connectivity index (χ1) is 5.70. The van der Waals surface area contributed by atoms with E-state index in [1.807, 2.05) is 6.92 Å². The molecule has 2 atom stereocenters. The summed E-state index contributed by atoms with van der Waals surface area (Å²) >= 11 is 0. The van der Waals surface area contributed by atoms with Gasteiger partial charge in [0.1, 0.15) is 0 Å². The van der Waals surface area contributed by atoms with Crippen molar-refractivity contribution in [3.05, 3.63) is 0 Å². The van der Waals surface area contributed by atoms with Crippen LogP contribution in [0.1, 0.15) is 46.5 Å². The van der Waals surface area contributed by atoms with Crippen LogP contribution in [0.2, 0.25) is 0 Å². The lowest BCUT2D eigenvalue weighted by molar-refractivity contribution is -0.133. The van der Waals surface area contributed by atoms with Gasteiger partial charge < -0.3 is 4.90 Å². The van der Waals surface area contributed by atoms with Gasteiger partial charge in [-0.05, 0) is 26.2 Å². The second-order valence-electron chi connectivity index (χ2n) is 3.64. The molecule has 1 rings (SSSR count). The van der Waals surface area contributed by atoms with E-state index < -0.39 is 0 Å². The quantitative estimate of drug-likeness (QED) is 0.620. The van der Waals surface area contributed by atoms with Gasteiger partial charge in [-0.1, -0.05) is 13.8 Å². The molecular weight excluding hydrogens is 150 g/mol. The number of likely N-dealkylation sites (tertiary alicyclic amines) is 1. The zero-order chi connectivity index (χ0) is 9.14. The molecule has 1 aliphatic heterocycles. The molecule has 0 radical (unpaired) electrons. The highest BCUT2D eigenvalue weighted by atomic mass is 16.2. The van der Waals surface area contributed by atoms with Crippen LogP contribution in [0.4, 0.5) is 0 Å². The van der Waals surface area contributed by atoms with E-state index in [1.165, 1.54) is 12.8 Å². The van der Waals surface area contributed by atoms with Crippen molar-refractivity contribution in [2.45, 2.75) is 58.5 Å². The van der Waals surface area contributed by atoms with E-state index in [0.29, 0.717) is 24.4 Å². The number of rotatable bonds is 2. The molecule has 1 saturated heterocycles. The Labute approximate surface area is 74.9 Å². The molecule has 0 aromatic heterocycles. The van der Waals surface area contributed by atoms with E-state index in [9.17, 15) is 4.79 Å². The van der Waals surface area contributed by atoms with Crippen LogP contribution in [0.3, 0.4) is 0 Å². The largest absolute Gasteiger partial charge is 0.337 e. The maximum Gasteiger partial charge on any atom is 0.222 e. The molecule has 2 heteroatoms. The van der Waals surface area contributed by atoms with Crippen molar-refractivity contribution in [2.75, 3.05) is 0 Å². The smallest absolute Gasteiger partial charge is 0.222 e. The Bertz CT molecular complexity index is 167. The maximum atomic E-state index is 11.5. The van der Waals surface area contributed by atoms with Gasteiger partial charge in [-0.15, -0.1) is 0 Å². The lowest BCUT2D eigenvalue weighted by Gasteiger charge is -2.27. The SMILES string of the molecule is CCC(=O)N1C(C)CCC1CC. The number of hydrogen-bond donors (Lipinski definition) is 0. The molecule has 2 nitrogen and oxygen atoms in total. The van der Waals surface area contributed by atoms with Crippen LogP contribution in [0.25, 0.3) is 0 Å². The summed E-state index contributed by atoms with van der Waals surface area (Å²) in [6.07, 6.45) is 4.14. The third-order valence-electron chi connectivity index (χ3n) is 2.85. The minimum absolute atomic E-state index is 0.326. The van der Waals surface area contributed by atoms with E-state index in [2.05, 4.69) is 18.7 Å². The van der Waals surface area contributed by atoms with Gasteiger partial charge in [0.05, 0.1) is 0 Å². The molecule has 0 aliphatic carbocycles. The molecule has 12 heavy (non-hydrogen) atoms. The summed E-state index contributed by atoms with van der Waals surface area (Å²) in [5.41, 5.74) is 0. The van der Waals surface area contributed by atoms with Crippen molar-refractivity contribution in [1.29, 1.82) is 0 Å². The van der Waals surface area contributed by atoms with Gasteiger partial charge in [0.2, 0.25) is 5.91 Å². The maximum absolute atomic E-state index is 11.5. The van der Waals surface area contributed by atoms with Gasteiger partial charge >= 0.3 is 0 Å². The van der Waals surface area contributed by atoms with Crippen molar-refractivity contribution >= 4 is 5.91 Å². The van der Waals surface area contributed by atoms with Gasteiger partial charge in [0, 0.05) is 18.5 Å². The summed E-state index contributed by atoms with van der Waals surface area (Å²) in [5.74, 6) is 0.326. The number of carbonyl (C=O) groups excluding carboxylic acids is 1. The van der Waals surface area contributed by atoms with Crippen molar-refractivity contribution in [3.63, 3.8) is 0 Å². The van der Waals surface area contributed by atoms with E-state index in [0.717, 1.165) is 6.42 Å². The van der Waals surface area contributed by atoms with Crippen LogP contribution in [0.15, 0.2) is 0 Å². The molecule has 1 fully saturated rings. The summed E-state index contributed by atoms with van der Waals surface area (Å²) in [6.45, 7) is 6.27. The van der Waals surface area contributed by atoms with Crippen molar-refractivity contribution in [1.82, 2.24) is 4.90 Å². The van der Waals surface area contributed by atoms with Crippen LogP contribution in [0.5, 0.6) is 0 Å². The van der Waals surface area contributed by atoms with Crippen molar-refractivity contribution in [3.8, 4) is 0 Å². The Morgan fingerprint density at radius 1 is 1.42 bits per heavy atom. The predicted octanol–water partition coefficient (Wildman–Crippen LogP) is 2.19. The highest BCUT2D eigenvalue weighted by Gasteiger charge is 2.31. The Hall–Kier alpha value is -0.530. The lowest BCUT2D eigenvalue weighted by Crippen LogP contribution is -2.39. The van der Waals surface area contributed by atoms with E-state index >= 15 is 0 Å². The highest BCUT2D eigenvalue weighted by molar-refractivity contribution is 5.76. The monoisotopic (exact) mass is 169 g/mol.